The van der Waals surface area contributed by atoms with E-state index in [1.807, 2.05) is 0 Å². The van der Waals surface area contributed by atoms with Crippen LogP contribution in [-0.2, 0) is 0 Å². The summed E-state index contributed by atoms with van der Waals surface area (Å²) in [6.45, 7) is 9.22. The fraction of sp³-hybridized carbons (Fsp3) is 0.667. The molecule has 0 bridgehead atoms. The van der Waals surface area contributed by atoms with Crippen LogP contribution in [-0.4, -0.2) is 41.5 Å². The minimum Gasteiger partial charge on any atom is -0.383 e. The molecule has 0 unspecified atom stereocenters. The van der Waals surface area contributed by atoms with E-state index in [4.69, 9.17) is 5.73 Å². The van der Waals surface area contributed by atoms with Crippen molar-refractivity contribution < 1.29 is 0 Å². The number of nitrogens with one attached hydrogen (secondary N) is 1. The van der Waals surface area contributed by atoms with E-state index < -0.39 is 0 Å². The van der Waals surface area contributed by atoms with Gasteiger partial charge in [-0.25, -0.2) is 9.97 Å². The van der Waals surface area contributed by atoms with Crippen LogP contribution in [0, 0.1) is 0 Å². The van der Waals surface area contributed by atoms with Gasteiger partial charge in [0.15, 0.2) is 0 Å². The summed E-state index contributed by atoms with van der Waals surface area (Å²) in [5.74, 6) is 1.75. The molecule has 0 aliphatic rings. The molecule has 0 amide bonds. The Morgan fingerprint density at radius 1 is 1.41 bits per heavy atom. The Morgan fingerprint density at radius 2 is 2.12 bits per heavy atom. The zero-order chi connectivity index (χ0) is 12.8. The number of hydrogen-bond acceptors (Lipinski definition) is 5. The number of nitrogens with zero attached hydrogens (tertiary/aromatic N) is 3. The SMILES string of the molecule is CCN(C)CCNc1ncnc(N)c1C(C)C. The predicted molar refractivity (Wildman–Crippen MR) is 72.2 cm³/mol. The summed E-state index contributed by atoms with van der Waals surface area (Å²) < 4.78 is 0. The molecular formula is C12H23N5. The molecular weight excluding hydrogens is 214 g/mol. The van der Waals surface area contributed by atoms with E-state index in [1.165, 1.54) is 6.33 Å². The van der Waals surface area contributed by atoms with Crippen molar-refractivity contribution in [1.82, 2.24) is 14.9 Å². The van der Waals surface area contributed by atoms with Gasteiger partial charge in [0.2, 0.25) is 0 Å². The summed E-state index contributed by atoms with van der Waals surface area (Å²) in [7, 11) is 2.10. The topological polar surface area (TPSA) is 67.1 Å². The number of anilines is 2. The first-order valence-corrected chi connectivity index (χ1v) is 6.09. The smallest absolute Gasteiger partial charge is 0.135 e. The van der Waals surface area contributed by atoms with Gasteiger partial charge >= 0.3 is 0 Å². The maximum atomic E-state index is 5.88. The van der Waals surface area contributed by atoms with Crippen LogP contribution in [0.2, 0.25) is 0 Å². The Hall–Kier alpha value is -1.36. The fourth-order valence-electron chi connectivity index (χ4n) is 1.64. The molecule has 0 radical (unpaired) electrons. The largest absolute Gasteiger partial charge is 0.383 e. The molecule has 1 aromatic rings. The third-order valence-corrected chi connectivity index (χ3v) is 2.82. The van der Waals surface area contributed by atoms with Gasteiger partial charge < -0.3 is 16.0 Å². The second-order valence-corrected chi connectivity index (χ2v) is 4.50. The number of nitrogens with two attached hydrogens (primary N) is 1. The summed E-state index contributed by atoms with van der Waals surface area (Å²) in [4.78, 5) is 10.5. The Balaban J connectivity index is 2.67. The highest BCUT2D eigenvalue weighted by Gasteiger charge is 2.12. The van der Waals surface area contributed by atoms with Gasteiger partial charge in [-0.15, -0.1) is 0 Å². The quantitative estimate of drug-likeness (QED) is 0.785. The third kappa shape index (κ3) is 3.85. The van der Waals surface area contributed by atoms with E-state index in [2.05, 4.69) is 48.0 Å². The Bertz CT molecular complexity index is 351. The van der Waals surface area contributed by atoms with Crippen molar-refractivity contribution >= 4 is 11.6 Å². The minimum atomic E-state index is 0.322. The number of aromatic nitrogens is 2. The highest BCUT2D eigenvalue weighted by atomic mass is 15.1. The zero-order valence-electron chi connectivity index (χ0n) is 11.2. The van der Waals surface area contributed by atoms with E-state index in [-0.39, 0.29) is 0 Å². The van der Waals surface area contributed by atoms with Gasteiger partial charge in [-0.1, -0.05) is 20.8 Å². The third-order valence-electron chi connectivity index (χ3n) is 2.82. The molecule has 1 rings (SSSR count). The summed E-state index contributed by atoms with van der Waals surface area (Å²) in [5.41, 5.74) is 6.88. The van der Waals surface area contributed by atoms with Crippen LogP contribution in [0.1, 0.15) is 32.3 Å². The van der Waals surface area contributed by atoms with Gasteiger partial charge in [0.05, 0.1) is 0 Å². The fourth-order valence-corrected chi connectivity index (χ4v) is 1.64. The molecule has 17 heavy (non-hydrogen) atoms. The van der Waals surface area contributed by atoms with Gasteiger partial charge in [0.25, 0.3) is 0 Å². The van der Waals surface area contributed by atoms with Crippen molar-refractivity contribution in [3.05, 3.63) is 11.9 Å². The summed E-state index contributed by atoms with van der Waals surface area (Å²) in [6, 6.07) is 0. The summed E-state index contributed by atoms with van der Waals surface area (Å²) in [5, 5.41) is 3.33. The maximum absolute atomic E-state index is 5.88. The predicted octanol–water partition coefficient (Wildman–Crippen LogP) is 1.55. The Morgan fingerprint density at radius 3 is 2.71 bits per heavy atom. The van der Waals surface area contributed by atoms with Crippen molar-refractivity contribution in [2.45, 2.75) is 26.7 Å². The molecule has 1 heterocycles. The Kier molecular flexibility index (Phi) is 5.15. The molecule has 0 aliphatic carbocycles. The minimum absolute atomic E-state index is 0.322. The van der Waals surface area contributed by atoms with Crippen LogP contribution in [0.15, 0.2) is 6.33 Å². The van der Waals surface area contributed by atoms with Crippen LogP contribution in [0.3, 0.4) is 0 Å². The van der Waals surface area contributed by atoms with Crippen molar-refractivity contribution in [3.8, 4) is 0 Å². The first kappa shape index (κ1) is 13.7. The van der Waals surface area contributed by atoms with Crippen molar-refractivity contribution in [2.75, 3.05) is 37.7 Å². The second-order valence-electron chi connectivity index (χ2n) is 4.50. The standard InChI is InChI=1S/C12H23N5/c1-5-17(4)7-6-14-12-10(9(2)3)11(13)15-8-16-12/h8-9H,5-7H2,1-4H3,(H3,13,14,15,16). The van der Waals surface area contributed by atoms with Crippen LogP contribution < -0.4 is 11.1 Å². The molecule has 0 saturated carbocycles. The highest BCUT2D eigenvalue weighted by molar-refractivity contribution is 5.56. The van der Waals surface area contributed by atoms with Crippen LogP contribution >= 0.6 is 0 Å². The molecule has 5 heteroatoms. The summed E-state index contributed by atoms with van der Waals surface area (Å²) >= 11 is 0. The highest BCUT2D eigenvalue weighted by Crippen LogP contribution is 2.25. The van der Waals surface area contributed by atoms with E-state index in [9.17, 15) is 0 Å². The van der Waals surface area contributed by atoms with E-state index in [0.29, 0.717) is 11.7 Å². The van der Waals surface area contributed by atoms with Crippen LogP contribution in [0.4, 0.5) is 11.6 Å². The molecule has 1 aromatic heterocycles. The average Bonchev–Trinajstić information content (AvgIpc) is 2.28. The zero-order valence-corrected chi connectivity index (χ0v) is 11.2. The number of rotatable bonds is 6. The molecule has 0 aromatic carbocycles. The monoisotopic (exact) mass is 237 g/mol. The normalized spacial score (nSPS) is 11.2. The molecule has 0 saturated heterocycles. The lowest BCUT2D eigenvalue weighted by molar-refractivity contribution is 0.367. The first-order valence-electron chi connectivity index (χ1n) is 6.09. The van der Waals surface area contributed by atoms with Gasteiger partial charge in [-0.05, 0) is 19.5 Å². The van der Waals surface area contributed by atoms with Gasteiger partial charge in [-0.3, -0.25) is 0 Å². The van der Waals surface area contributed by atoms with E-state index >= 15 is 0 Å². The molecule has 0 atom stereocenters. The number of nitrogen functional groups attached to an aromatic ring is 1. The summed E-state index contributed by atoms with van der Waals surface area (Å²) in [6.07, 6.45) is 1.51. The molecule has 3 N–H and O–H groups in total. The maximum Gasteiger partial charge on any atom is 0.135 e. The second kappa shape index (κ2) is 6.39. The van der Waals surface area contributed by atoms with Gasteiger partial charge in [0, 0.05) is 18.7 Å². The number of hydrogen-bond donors (Lipinski definition) is 2. The van der Waals surface area contributed by atoms with Gasteiger partial charge in [0.1, 0.15) is 18.0 Å². The van der Waals surface area contributed by atoms with Crippen molar-refractivity contribution in [1.29, 1.82) is 0 Å². The van der Waals surface area contributed by atoms with Crippen LogP contribution in [0.25, 0.3) is 0 Å². The molecule has 96 valence electrons. The molecule has 5 nitrogen and oxygen atoms in total. The molecule has 0 aliphatic heterocycles. The van der Waals surface area contributed by atoms with Crippen LogP contribution in [0.5, 0.6) is 0 Å². The van der Waals surface area contributed by atoms with Crippen molar-refractivity contribution in [3.63, 3.8) is 0 Å². The lowest BCUT2D eigenvalue weighted by Gasteiger charge is -2.17. The van der Waals surface area contributed by atoms with E-state index in [1.54, 1.807) is 0 Å². The van der Waals surface area contributed by atoms with Gasteiger partial charge in [-0.2, -0.15) is 0 Å². The van der Waals surface area contributed by atoms with Crippen molar-refractivity contribution in [2.24, 2.45) is 0 Å². The van der Waals surface area contributed by atoms with E-state index in [0.717, 1.165) is 31.0 Å². The lowest BCUT2D eigenvalue weighted by Crippen LogP contribution is -2.25. The Labute approximate surface area is 103 Å². The molecule has 0 fully saturated rings. The number of likely N-dealkylation sites (N-methyl/N-ethyl adjacent to an activating group) is 1. The first-order chi connectivity index (χ1) is 8.06. The average molecular weight is 237 g/mol. The molecule has 0 spiro atoms. The lowest BCUT2D eigenvalue weighted by atomic mass is 10.0.